The molecule has 3 rings (SSSR count). The number of amides is 1. The Balaban J connectivity index is 1.88. The zero-order valence-corrected chi connectivity index (χ0v) is 11.3. The minimum absolute atomic E-state index is 0.0822. The first-order valence-electron chi connectivity index (χ1n) is 6.69. The molecule has 0 radical (unpaired) electrons. The Morgan fingerprint density at radius 1 is 1.45 bits per heavy atom. The van der Waals surface area contributed by atoms with Crippen LogP contribution < -0.4 is 5.73 Å². The number of rotatable bonds is 2. The van der Waals surface area contributed by atoms with Crippen molar-refractivity contribution in [3.8, 4) is 0 Å². The van der Waals surface area contributed by atoms with Crippen molar-refractivity contribution in [2.45, 2.75) is 25.3 Å². The Morgan fingerprint density at radius 3 is 3.00 bits per heavy atom. The van der Waals surface area contributed by atoms with Crippen molar-refractivity contribution >= 4 is 11.9 Å². The standard InChI is InChI=1S/C14H17N5O/c1-19(13(20)12-16-14(15)18-17-12)11-8-4-6-9-5-2-3-7-10(9)11/h2-3,5,7,11H,4,6,8H2,1H3,(H3,15,16,17,18). The van der Waals surface area contributed by atoms with Crippen LogP contribution in [0.5, 0.6) is 0 Å². The maximum absolute atomic E-state index is 12.4. The molecular formula is C14H17N5O. The van der Waals surface area contributed by atoms with Crippen molar-refractivity contribution in [2.24, 2.45) is 0 Å². The largest absolute Gasteiger partial charge is 0.366 e. The van der Waals surface area contributed by atoms with E-state index < -0.39 is 0 Å². The van der Waals surface area contributed by atoms with E-state index in [1.165, 1.54) is 11.1 Å². The molecule has 1 amide bonds. The zero-order valence-electron chi connectivity index (χ0n) is 11.3. The van der Waals surface area contributed by atoms with E-state index in [0.717, 1.165) is 19.3 Å². The van der Waals surface area contributed by atoms with Gasteiger partial charge in [0.1, 0.15) is 0 Å². The summed E-state index contributed by atoms with van der Waals surface area (Å²) in [4.78, 5) is 18.0. The second-order valence-electron chi connectivity index (χ2n) is 5.07. The summed E-state index contributed by atoms with van der Waals surface area (Å²) < 4.78 is 0. The molecule has 3 N–H and O–H groups in total. The van der Waals surface area contributed by atoms with E-state index in [4.69, 9.17) is 5.73 Å². The van der Waals surface area contributed by atoms with E-state index in [1.54, 1.807) is 11.9 Å². The molecule has 0 bridgehead atoms. The quantitative estimate of drug-likeness (QED) is 0.867. The lowest BCUT2D eigenvalue weighted by atomic mass is 9.87. The normalized spacial score (nSPS) is 17.6. The summed E-state index contributed by atoms with van der Waals surface area (Å²) in [6.45, 7) is 0. The second kappa shape index (κ2) is 4.96. The molecule has 1 aromatic carbocycles. The lowest BCUT2D eigenvalue weighted by molar-refractivity contribution is 0.0703. The SMILES string of the molecule is CN(C(=O)c1nc(N)n[nH]1)C1CCCc2ccccc21. The lowest BCUT2D eigenvalue weighted by Crippen LogP contribution is -2.34. The molecule has 1 unspecified atom stereocenters. The number of nitrogens with zero attached hydrogens (tertiary/aromatic N) is 3. The van der Waals surface area contributed by atoms with Gasteiger partial charge in [0.05, 0.1) is 6.04 Å². The third-order valence-electron chi connectivity index (χ3n) is 3.83. The van der Waals surface area contributed by atoms with Crippen molar-refractivity contribution in [1.29, 1.82) is 0 Å². The van der Waals surface area contributed by atoms with Crippen LogP contribution in [0.3, 0.4) is 0 Å². The van der Waals surface area contributed by atoms with Crippen LogP contribution in [0.25, 0.3) is 0 Å². The first-order valence-corrected chi connectivity index (χ1v) is 6.69. The van der Waals surface area contributed by atoms with E-state index >= 15 is 0 Å². The molecule has 2 aromatic rings. The summed E-state index contributed by atoms with van der Waals surface area (Å²) in [6.07, 6.45) is 3.12. The summed E-state index contributed by atoms with van der Waals surface area (Å²) >= 11 is 0. The third kappa shape index (κ3) is 2.13. The zero-order chi connectivity index (χ0) is 14.1. The van der Waals surface area contributed by atoms with Gasteiger partial charge in [-0.2, -0.15) is 4.98 Å². The number of benzene rings is 1. The maximum atomic E-state index is 12.4. The molecule has 6 heteroatoms. The molecule has 20 heavy (non-hydrogen) atoms. The number of nitrogens with two attached hydrogens (primary N) is 1. The molecular weight excluding hydrogens is 254 g/mol. The van der Waals surface area contributed by atoms with Crippen molar-refractivity contribution in [1.82, 2.24) is 20.1 Å². The van der Waals surface area contributed by atoms with Gasteiger partial charge in [0, 0.05) is 7.05 Å². The number of aryl methyl sites for hydroxylation is 1. The molecule has 0 aliphatic heterocycles. The van der Waals surface area contributed by atoms with Crippen LogP contribution in [0, 0.1) is 0 Å². The molecule has 104 valence electrons. The van der Waals surface area contributed by atoms with Gasteiger partial charge in [-0.3, -0.25) is 9.89 Å². The Kier molecular flexibility index (Phi) is 3.14. The molecule has 6 nitrogen and oxygen atoms in total. The van der Waals surface area contributed by atoms with Gasteiger partial charge < -0.3 is 10.6 Å². The fraction of sp³-hybridized carbons (Fsp3) is 0.357. The number of carbonyl (C=O) groups excluding carboxylic acids is 1. The lowest BCUT2D eigenvalue weighted by Gasteiger charge is -2.32. The summed E-state index contributed by atoms with van der Waals surface area (Å²) in [6, 6.07) is 8.37. The summed E-state index contributed by atoms with van der Waals surface area (Å²) in [5.74, 6) is 0.0924. The molecule has 0 fully saturated rings. The van der Waals surface area contributed by atoms with Crippen molar-refractivity contribution < 1.29 is 4.79 Å². The Labute approximate surface area is 117 Å². The van der Waals surface area contributed by atoms with Crippen LogP contribution in [0.15, 0.2) is 24.3 Å². The average Bonchev–Trinajstić information content (AvgIpc) is 2.91. The van der Waals surface area contributed by atoms with E-state index in [0.29, 0.717) is 0 Å². The third-order valence-corrected chi connectivity index (χ3v) is 3.83. The fourth-order valence-electron chi connectivity index (χ4n) is 2.81. The van der Waals surface area contributed by atoms with Crippen molar-refractivity contribution in [3.05, 3.63) is 41.2 Å². The van der Waals surface area contributed by atoms with Gasteiger partial charge >= 0.3 is 0 Å². The van der Waals surface area contributed by atoms with Crippen LogP contribution in [-0.2, 0) is 6.42 Å². The summed E-state index contributed by atoms with van der Waals surface area (Å²) in [7, 11) is 1.80. The van der Waals surface area contributed by atoms with Crippen LogP contribution in [0.4, 0.5) is 5.95 Å². The van der Waals surface area contributed by atoms with E-state index in [9.17, 15) is 4.79 Å². The van der Waals surface area contributed by atoms with Crippen LogP contribution in [0.1, 0.15) is 40.6 Å². The van der Waals surface area contributed by atoms with Crippen molar-refractivity contribution in [3.63, 3.8) is 0 Å². The monoisotopic (exact) mass is 271 g/mol. The number of nitrogen functional groups attached to an aromatic ring is 1. The smallest absolute Gasteiger partial charge is 0.291 e. The van der Waals surface area contributed by atoms with Gasteiger partial charge in [-0.05, 0) is 30.4 Å². The van der Waals surface area contributed by atoms with Crippen molar-refractivity contribution in [2.75, 3.05) is 12.8 Å². The highest BCUT2D eigenvalue weighted by Gasteiger charge is 2.28. The van der Waals surface area contributed by atoms with E-state index in [1.807, 2.05) is 12.1 Å². The topological polar surface area (TPSA) is 87.9 Å². The number of aromatic nitrogens is 3. The minimum Gasteiger partial charge on any atom is -0.366 e. The molecule has 1 aromatic heterocycles. The highest BCUT2D eigenvalue weighted by Crippen LogP contribution is 2.33. The van der Waals surface area contributed by atoms with Gasteiger partial charge in [-0.25, -0.2) is 0 Å². The van der Waals surface area contributed by atoms with E-state index in [-0.39, 0.29) is 23.7 Å². The predicted molar refractivity (Wildman–Crippen MR) is 75.0 cm³/mol. The van der Waals surface area contributed by atoms with Crippen LogP contribution in [-0.4, -0.2) is 33.0 Å². The Bertz CT molecular complexity index is 636. The first kappa shape index (κ1) is 12.7. The molecule has 0 saturated carbocycles. The second-order valence-corrected chi connectivity index (χ2v) is 5.07. The number of aromatic amines is 1. The molecule has 1 atom stereocenters. The predicted octanol–water partition coefficient (Wildman–Crippen LogP) is 1.54. The number of hydrogen-bond donors (Lipinski definition) is 2. The molecule has 1 aliphatic rings. The fourth-order valence-corrected chi connectivity index (χ4v) is 2.81. The number of anilines is 1. The summed E-state index contributed by atoms with van der Waals surface area (Å²) in [5, 5.41) is 6.28. The average molecular weight is 271 g/mol. The van der Waals surface area contributed by atoms with Gasteiger partial charge in [-0.1, -0.05) is 24.3 Å². The van der Waals surface area contributed by atoms with Gasteiger partial charge in [0.2, 0.25) is 11.8 Å². The maximum Gasteiger partial charge on any atom is 0.291 e. The Hall–Kier alpha value is -2.37. The number of hydrogen-bond acceptors (Lipinski definition) is 4. The van der Waals surface area contributed by atoms with Gasteiger partial charge in [0.25, 0.3) is 5.91 Å². The van der Waals surface area contributed by atoms with Crippen LogP contribution >= 0.6 is 0 Å². The number of carbonyl (C=O) groups is 1. The first-order chi connectivity index (χ1) is 9.66. The number of fused-ring (bicyclic) bond motifs is 1. The summed E-state index contributed by atoms with van der Waals surface area (Å²) in [5.41, 5.74) is 7.99. The number of H-pyrrole nitrogens is 1. The van der Waals surface area contributed by atoms with Gasteiger partial charge in [0.15, 0.2) is 0 Å². The number of nitrogens with one attached hydrogen (secondary N) is 1. The minimum atomic E-state index is -0.184. The Morgan fingerprint density at radius 2 is 2.25 bits per heavy atom. The van der Waals surface area contributed by atoms with Gasteiger partial charge in [-0.15, -0.1) is 5.10 Å². The van der Waals surface area contributed by atoms with E-state index in [2.05, 4.69) is 27.3 Å². The molecule has 1 aliphatic carbocycles. The molecule has 0 saturated heterocycles. The molecule has 1 heterocycles. The highest BCUT2D eigenvalue weighted by atomic mass is 16.2. The van der Waals surface area contributed by atoms with Crippen LogP contribution in [0.2, 0.25) is 0 Å². The highest BCUT2D eigenvalue weighted by molar-refractivity contribution is 5.90. The molecule has 0 spiro atoms.